The molecule has 5 nitrogen and oxygen atoms in total. The van der Waals surface area contributed by atoms with Crippen LogP contribution in [0.25, 0.3) is 0 Å². The maximum atomic E-state index is 11.6. The van der Waals surface area contributed by atoms with Crippen molar-refractivity contribution in [1.82, 2.24) is 10.0 Å². The fourth-order valence-corrected chi connectivity index (χ4v) is 4.21. The fraction of sp³-hybridized carbons (Fsp3) is 0.538. The highest BCUT2D eigenvalue weighted by Gasteiger charge is 2.40. The molecule has 2 rings (SSSR count). The van der Waals surface area contributed by atoms with Crippen molar-refractivity contribution in [1.29, 1.82) is 0 Å². The minimum absolute atomic E-state index is 0.0131. The van der Waals surface area contributed by atoms with Crippen molar-refractivity contribution in [2.75, 3.05) is 25.6 Å². The summed E-state index contributed by atoms with van der Waals surface area (Å²) < 4.78 is 23.3. The average Bonchev–Trinajstić information content (AvgIpc) is 2.60. The summed E-state index contributed by atoms with van der Waals surface area (Å²) in [6, 6.07) is 9.45. The predicted molar refractivity (Wildman–Crippen MR) is 74.1 cm³/mol. The van der Waals surface area contributed by atoms with Gasteiger partial charge in [0.05, 0.1) is 23.7 Å². The molecule has 2 atom stereocenters. The molecule has 1 aromatic carbocycles. The van der Waals surface area contributed by atoms with Crippen LogP contribution in [0.4, 0.5) is 0 Å². The summed E-state index contributed by atoms with van der Waals surface area (Å²) in [6.07, 6.45) is -0.823. The second kappa shape index (κ2) is 5.58. The molecule has 19 heavy (non-hydrogen) atoms. The zero-order chi connectivity index (χ0) is 14.0. The van der Waals surface area contributed by atoms with Crippen molar-refractivity contribution in [2.24, 2.45) is 0 Å². The van der Waals surface area contributed by atoms with Gasteiger partial charge in [0, 0.05) is 20.6 Å². The van der Waals surface area contributed by atoms with Crippen molar-refractivity contribution in [3.05, 3.63) is 35.9 Å². The highest BCUT2D eigenvalue weighted by molar-refractivity contribution is 7.91. The molecule has 1 aliphatic heterocycles. The molecule has 1 saturated heterocycles. The van der Waals surface area contributed by atoms with Crippen LogP contribution in [0.3, 0.4) is 0 Å². The summed E-state index contributed by atoms with van der Waals surface area (Å²) in [5.74, 6) is -0.129. The van der Waals surface area contributed by atoms with Crippen molar-refractivity contribution in [3.8, 4) is 0 Å². The summed E-state index contributed by atoms with van der Waals surface area (Å²) in [5, 5.41) is 13.7. The Kier molecular flexibility index (Phi) is 4.25. The molecule has 1 fully saturated rings. The van der Waals surface area contributed by atoms with Crippen LogP contribution in [-0.2, 0) is 16.4 Å². The van der Waals surface area contributed by atoms with E-state index in [2.05, 4.69) is 0 Å². The highest BCUT2D eigenvalue weighted by atomic mass is 32.2. The zero-order valence-corrected chi connectivity index (χ0v) is 12.0. The lowest BCUT2D eigenvalue weighted by molar-refractivity contribution is -0.0558. The maximum absolute atomic E-state index is 11.6. The van der Waals surface area contributed by atoms with E-state index in [4.69, 9.17) is 0 Å². The fourth-order valence-electron chi connectivity index (χ4n) is 2.42. The molecule has 1 aliphatic rings. The van der Waals surface area contributed by atoms with Gasteiger partial charge in [0.15, 0.2) is 9.84 Å². The first-order chi connectivity index (χ1) is 8.89. The van der Waals surface area contributed by atoms with E-state index in [1.807, 2.05) is 54.4 Å². The topological polar surface area (TPSA) is 60.9 Å². The molecule has 0 spiro atoms. The van der Waals surface area contributed by atoms with E-state index in [1.54, 1.807) is 0 Å². The predicted octanol–water partition coefficient (Wildman–Crippen LogP) is 0.123. The quantitative estimate of drug-likeness (QED) is 0.796. The lowest BCUT2D eigenvalue weighted by Gasteiger charge is -2.35. The number of aliphatic hydroxyl groups is 1. The second-order valence-electron chi connectivity index (χ2n) is 5.14. The monoisotopic (exact) mass is 284 g/mol. The first-order valence-corrected chi connectivity index (χ1v) is 8.07. The molecule has 0 radical (unpaired) electrons. The van der Waals surface area contributed by atoms with E-state index in [0.717, 1.165) is 5.56 Å². The lowest BCUT2D eigenvalue weighted by atomic mass is 10.1. The SMILES string of the molecule is CN(C)N(Cc1ccccc1)[C@@H]1CS(=O)(=O)C[C@H]1O. The second-order valence-corrected chi connectivity index (χ2v) is 7.30. The Morgan fingerprint density at radius 1 is 1.21 bits per heavy atom. The summed E-state index contributed by atoms with van der Waals surface area (Å²) in [5.41, 5.74) is 1.09. The van der Waals surface area contributed by atoms with Crippen LogP contribution in [-0.4, -0.2) is 61.3 Å². The maximum Gasteiger partial charge on any atom is 0.154 e. The highest BCUT2D eigenvalue weighted by Crippen LogP contribution is 2.21. The summed E-state index contributed by atoms with van der Waals surface area (Å²) in [6.45, 7) is 0.588. The van der Waals surface area contributed by atoms with Crippen LogP contribution < -0.4 is 0 Å². The molecule has 1 aromatic rings. The van der Waals surface area contributed by atoms with Gasteiger partial charge < -0.3 is 5.11 Å². The van der Waals surface area contributed by atoms with Gasteiger partial charge in [0.1, 0.15) is 0 Å². The van der Waals surface area contributed by atoms with E-state index >= 15 is 0 Å². The number of rotatable bonds is 4. The van der Waals surface area contributed by atoms with Crippen LogP contribution >= 0.6 is 0 Å². The van der Waals surface area contributed by atoms with Crippen LogP contribution in [0.15, 0.2) is 30.3 Å². The molecular weight excluding hydrogens is 264 g/mol. The van der Waals surface area contributed by atoms with E-state index in [1.165, 1.54) is 0 Å². The summed E-state index contributed by atoms with van der Waals surface area (Å²) >= 11 is 0. The Morgan fingerprint density at radius 3 is 2.32 bits per heavy atom. The standard InChI is InChI=1S/C13H20N2O3S/c1-14(2)15(8-11-6-4-3-5-7-11)12-9-19(17,18)10-13(12)16/h3-7,12-13,16H,8-10H2,1-2H3/t12-,13-/m1/s1. The molecular formula is C13H20N2O3S. The van der Waals surface area contributed by atoms with Gasteiger partial charge in [-0.15, -0.1) is 0 Å². The smallest absolute Gasteiger partial charge is 0.154 e. The van der Waals surface area contributed by atoms with Gasteiger partial charge in [-0.05, 0) is 5.56 Å². The van der Waals surface area contributed by atoms with Crippen LogP contribution in [0, 0.1) is 0 Å². The average molecular weight is 284 g/mol. The van der Waals surface area contributed by atoms with Gasteiger partial charge in [-0.3, -0.25) is 0 Å². The molecule has 1 N–H and O–H groups in total. The number of nitrogens with zero attached hydrogens (tertiary/aromatic N) is 2. The number of sulfone groups is 1. The van der Waals surface area contributed by atoms with Crippen LogP contribution in [0.5, 0.6) is 0 Å². The van der Waals surface area contributed by atoms with Crippen molar-refractivity contribution in [2.45, 2.75) is 18.7 Å². The minimum Gasteiger partial charge on any atom is -0.390 e. The van der Waals surface area contributed by atoms with Gasteiger partial charge in [-0.2, -0.15) is 0 Å². The number of aliphatic hydroxyl groups excluding tert-OH is 1. The van der Waals surface area contributed by atoms with Crippen molar-refractivity contribution >= 4 is 9.84 Å². The molecule has 0 saturated carbocycles. The van der Waals surface area contributed by atoms with Gasteiger partial charge in [0.25, 0.3) is 0 Å². The molecule has 0 bridgehead atoms. The Bertz CT molecular complexity index is 516. The Labute approximate surface area is 114 Å². The van der Waals surface area contributed by atoms with Gasteiger partial charge in [-0.1, -0.05) is 30.3 Å². The molecule has 1 heterocycles. The molecule has 0 unspecified atom stereocenters. The third kappa shape index (κ3) is 3.54. The zero-order valence-electron chi connectivity index (χ0n) is 11.2. The summed E-state index contributed by atoms with van der Waals surface area (Å²) in [4.78, 5) is 0. The molecule has 0 amide bonds. The summed E-state index contributed by atoms with van der Waals surface area (Å²) in [7, 11) is 0.590. The molecule has 6 heteroatoms. The number of hydrazine groups is 1. The molecule has 0 aliphatic carbocycles. The normalized spacial score (nSPS) is 26.2. The van der Waals surface area contributed by atoms with E-state index in [0.29, 0.717) is 6.54 Å². The third-order valence-corrected chi connectivity index (χ3v) is 5.08. The molecule has 0 aromatic heterocycles. The van der Waals surface area contributed by atoms with Crippen molar-refractivity contribution < 1.29 is 13.5 Å². The molecule has 106 valence electrons. The van der Waals surface area contributed by atoms with Crippen LogP contribution in [0.2, 0.25) is 0 Å². The third-order valence-electron chi connectivity index (χ3n) is 3.38. The first-order valence-electron chi connectivity index (χ1n) is 6.25. The van der Waals surface area contributed by atoms with Crippen molar-refractivity contribution in [3.63, 3.8) is 0 Å². The lowest BCUT2D eigenvalue weighted by Crippen LogP contribution is -2.49. The first kappa shape index (κ1) is 14.5. The largest absolute Gasteiger partial charge is 0.390 e. The Hall–Kier alpha value is -0.950. The van der Waals surface area contributed by atoms with E-state index in [9.17, 15) is 13.5 Å². The van der Waals surface area contributed by atoms with E-state index < -0.39 is 15.9 Å². The van der Waals surface area contributed by atoms with Gasteiger partial charge >= 0.3 is 0 Å². The number of hydrogen-bond donors (Lipinski definition) is 1. The minimum atomic E-state index is -3.13. The number of benzene rings is 1. The Balaban J connectivity index is 2.17. The van der Waals surface area contributed by atoms with Gasteiger partial charge in [0.2, 0.25) is 0 Å². The van der Waals surface area contributed by atoms with Gasteiger partial charge in [-0.25, -0.2) is 18.4 Å². The number of hydrogen-bond acceptors (Lipinski definition) is 5. The van der Waals surface area contributed by atoms with E-state index in [-0.39, 0.29) is 17.5 Å². The van der Waals surface area contributed by atoms with Crippen LogP contribution in [0.1, 0.15) is 5.56 Å². The Morgan fingerprint density at radius 2 is 1.84 bits per heavy atom.